The Morgan fingerprint density at radius 3 is 2.95 bits per heavy atom. The zero-order valence-electron chi connectivity index (χ0n) is 14.3. The van der Waals surface area contributed by atoms with E-state index >= 15 is 0 Å². The topological polar surface area (TPSA) is 27.7 Å². The van der Waals surface area contributed by atoms with Crippen LogP contribution in [0.3, 0.4) is 0 Å². The number of nitrogens with zero attached hydrogens (tertiary/aromatic N) is 2. The van der Waals surface area contributed by atoms with Gasteiger partial charge in [-0.3, -0.25) is 9.80 Å². The minimum absolute atomic E-state index is 0.635. The molecule has 3 unspecified atom stereocenters. The molecular formula is C17H35N3O. The first kappa shape index (κ1) is 17.2. The Bertz CT molecular complexity index is 287. The van der Waals surface area contributed by atoms with Crippen LogP contribution in [-0.2, 0) is 4.74 Å². The highest BCUT2D eigenvalue weighted by Gasteiger charge is 2.34. The average Bonchev–Trinajstić information content (AvgIpc) is 2.49. The highest BCUT2D eigenvalue weighted by molar-refractivity contribution is 4.91. The molecule has 4 heteroatoms. The Morgan fingerprint density at radius 1 is 1.29 bits per heavy atom. The largest absolute Gasteiger partial charge is 0.382 e. The van der Waals surface area contributed by atoms with Crippen LogP contribution in [0.5, 0.6) is 0 Å². The van der Waals surface area contributed by atoms with Crippen LogP contribution in [0.25, 0.3) is 0 Å². The van der Waals surface area contributed by atoms with Crippen molar-refractivity contribution in [2.45, 2.75) is 64.6 Å². The van der Waals surface area contributed by atoms with Crippen LogP contribution < -0.4 is 5.32 Å². The summed E-state index contributed by atoms with van der Waals surface area (Å²) >= 11 is 0. The van der Waals surface area contributed by atoms with Crippen LogP contribution in [0.15, 0.2) is 0 Å². The van der Waals surface area contributed by atoms with Gasteiger partial charge in [-0.25, -0.2) is 0 Å². The Kier molecular flexibility index (Phi) is 7.44. The van der Waals surface area contributed by atoms with Gasteiger partial charge in [-0.05, 0) is 53.1 Å². The molecule has 0 amide bonds. The van der Waals surface area contributed by atoms with Crippen molar-refractivity contribution >= 4 is 0 Å². The number of hydrogen-bond donors (Lipinski definition) is 1. The summed E-state index contributed by atoms with van der Waals surface area (Å²) in [5.74, 6) is 0. The lowest BCUT2D eigenvalue weighted by atomic mass is 9.96. The van der Waals surface area contributed by atoms with Gasteiger partial charge in [0.05, 0.1) is 0 Å². The highest BCUT2D eigenvalue weighted by Crippen LogP contribution is 2.25. The SMILES string of the molecule is CCOCCCNCC(C)N1CC2CCCCN2CC1C. The lowest BCUT2D eigenvalue weighted by molar-refractivity contribution is -0.00377. The van der Waals surface area contributed by atoms with E-state index < -0.39 is 0 Å². The number of piperazine rings is 1. The Balaban J connectivity index is 1.67. The van der Waals surface area contributed by atoms with Gasteiger partial charge in [0, 0.05) is 51.0 Å². The fourth-order valence-electron chi connectivity index (χ4n) is 3.86. The van der Waals surface area contributed by atoms with Crippen molar-refractivity contribution in [3.05, 3.63) is 0 Å². The lowest BCUT2D eigenvalue weighted by Crippen LogP contribution is -2.61. The van der Waals surface area contributed by atoms with E-state index in [1.54, 1.807) is 0 Å². The van der Waals surface area contributed by atoms with Gasteiger partial charge < -0.3 is 10.1 Å². The maximum Gasteiger partial charge on any atom is 0.0477 e. The number of hydrogen-bond acceptors (Lipinski definition) is 4. The van der Waals surface area contributed by atoms with Crippen LogP contribution in [-0.4, -0.2) is 73.9 Å². The number of rotatable bonds is 8. The zero-order chi connectivity index (χ0) is 15.1. The molecule has 2 aliphatic rings. The average molecular weight is 297 g/mol. The maximum absolute atomic E-state index is 5.38. The Morgan fingerprint density at radius 2 is 2.14 bits per heavy atom. The maximum atomic E-state index is 5.38. The molecule has 0 aromatic carbocycles. The molecule has 0 aromatic heterocycles. The Labute approximate surface area is 131 Å². The molecule has 2 aliphatic heterocycles. The first-order valence-electron chi connectivity index (χ1n) is 9.00. The van der Waals surface area contributed by atoms with Crippen molar-refractivity contribution in [2.24, 2.45) is 0 Å². The van der Waals surface area contributed by atoms with E-state index in [9.17, 15) is 0 Å². The highest BCUT2D eigenvalue weighted by atomic mass is 16.5. The fourth-order valence-corrected chi connectivity index (χ4v) is 3.86. The molecule has 0 radical (unpaired) electrons. The number of ether oxygens (including phenoxy) is 1. The molecule has 2 rings (SSSR count). The van der Waals surface area contributed by atoms with Crippen molar-refractivity contribution in [3.63, 3.8) is 0 Å². The lowest BCUT2D eigenvalue weighted by Gasteiger charge is -2.49. The van der Waals surface area contributed by atoms with Crippen LogP contribution in [0, 0.1) is 0 Å². The summed E-state index contributed by atoms with van der Waals surface area (Å²) in [6, 6.07) is 2.14. The van der Waals surface area contributed by atoms with Crippen molar-refractivity contribution in [2.75, 3.05) is 45.9 Å². The molecule has 3 atom stereocenters. The predicted molar refractivity (Wildman–Crippen MR) is 88.8 cm³/mol. The van der Waals surface area contributed by atoms with Crippen molar-refractivity contribution in [1.29, 1.82) is 0 Å². The van der Waals surface area contributed by atoms with E-state index in [1.807, 2.05) is 0 Å². The predicted octanol–water partition coefficient (Wildman–Crippen LogP) is 1.95. The number of piperidine rings is 1. The summed E-state index contributed by atoms with van der Waals surface area (Å²) in [5.41, 5.74) is 0. The van der Waals surface area contributed by atoms with Gasteiger partial charge >= 0.3 is 0 Å². The third-order valence-corrected chi connectivity index (χ3v) is 5.09. The summed E-state index contributed by atoms with van der Waals surface area (Å²) in [5, 5.41) is 3.60. The van der Waals surface area contributed by atoms with Crippen molar-refractivity contribution in [1.82, 2.24) is 15.1 Å². The molecule has 4 nitrogen and oxygen atoms in total. The van der Waals surface area contributed by atoms with E-state index in [-0.39, 0.29) is 0 Å². The molecule has 0 saturated carbocycles. The van der Waals surface area contributed by atoms with E-state index in [0.29, 0.717) is 12.1 Å². The minimum atomic E-state index is 0.635. The summed E-state index contributed by atoms with van der Waals surface area (Å²) in [6.07, 6.45) is 5.35. The number of fused-ring (bicyclic) bond motifs is 1. The molecule has 124 valence electrons. The van der Waals surface area contributed by atoms with Gasteiger partial charge in [-0.1, -0.05) is 6.42 Å². The molecule has 0 spiro atoms. The number of nitrogens with one attached hydrogen (secondary N) is 1. The second-order valence-corrected chi connectivity index (χ2v) is 6.79. The van der Waals surface area contributed by atoms with Crippen molar-refractivity contribution in [3.8, 4) is 0 Å². The molecule has 0 aliphatic carbocycles. The Hall–Kier alpha value is -0.160. The quantitative estimate of drug-likeness (QED) is 0.693. The zero-order valence-corrected chi connectivity index (χ0v) is 14.3. The molecule has 2 heterocycles. The third-order valence-electron chi connectivity index (χ3n) is 5.09. The van der Waals surface area contributed by atoms with E-state index in [0.717, 1.165) is 38.8 Å². The molecule has 0 bridgehead atoms. The van der Waals surface area contributed by atoms with Crippen LogP contribution in [0.4, 0.5) is 0 Å². The summed E-state index contributed by atoms with van der Waals surface area (Å²) in [4.78, 5) is 5.45. The van der Waals surface area contributed by atoms with Gasteiger partial charge in [0.15, 0.2) is 0 Å². The third kappa shape index (κ3) is 5.20. The molecule has 2 saturated heterocycles. The molecular weight excluding hydrogens is 262 g/mol. The van der Waals surface area contributed by atoms with Gasteiger partial charge in [-0.2, -0.15) is 0 Å². The van der Waals surface area contributed by atoms with E-state index in [1.165, 1.54) is 38.9 Å². The molecule has 21 heavy (non-hydrogen) atoms. The molecule has 0 aromatic rings. The van der Waals surface area contributed by atoms with Gasteiger partial charge in [0.1, 0.15) is 0 Å². The molecule has 2 fully saturated rings. The summed E-state index contributed by atoms with van der Waals surface area (Å²) in [6.45, 7) is 14.6. The van der Waals surface area contributed by atoms with E-state index in [4.69, 9.17) is 4.74 Å². The van der Waals surface area contributed by atoms with Gasteiger partial charge in [-0.15, -0.1) is 0 Å². The van der Waals surface area contributed by atoms with Gasteiger partial charge in [0.25, 0.3) is 0 Å². The van der Waals surface area contributed by atoms with Crippen LogP contribution in [0.2, 0.25) is 0 Å². The van der Waals surface area contributed by atoms with Crippen LogP contribution in [0.1, 0.15) is 46.5 Å². The van der Waals surface area contributed by atoms with Crippen molar-refractivity contribution < 1.29 is 4.74 Å². The second kappa shape index (κ2) is 9.09. The summed E-state index contributed by atoms with van der Waals surface area (Å²) in [7, 11) is 0. The first-order chi connectivity index (χ1) is 10.2. The van der Waals surface area contributed by atoms with Crippen LogP contribution >= 0.6 is 0 Å². The smallest absolute Gasteiger partial charge is 0.0477 e. The fraction of sp³-hybridized carbons (Fsp3) is 1.00. The summed E-state index contributed by atoms with van der Waals surface area (Å²) < 4.78 is 5.38. The monoisotopic (exact) mass is 297 g/mol. The minimum Gasteiger partial charge on any atom is -0.382 e. The van der Waals surface area contributed by atoms with E-state index in [2.05, 4.69) is 35.9 Å². The second-order valence-electron chi connectivity index (χ2n) is 6.79. The first-order valence-corrected chi connectivity index (χ1v) is 9.00. The standard InChI is InChI=1S/C17H35N3O/c1-4-21-11-7-9-18-12-15(2)20-14-17-8-5-6-10-19(17)13-16(20)3/h15-18H,4-14H2,1-3H3. The normalized spacial score (nSPS) is 29.3. The van der Waals surface area contributed by atoms with Gasteiger partial charge in [0.2, 0.25) is 0 Å². The molecule has 1 N–H and O–H groups in total.